The van der Waals surface area contributed by atoms with Gasteiger partial charge in [0.1, 0.15) is 0 Å². The van der Waals surface area contributed by atoms with Gasteiger partial charge < -0.3 is 38.5 Å². The number of hydrogen-bond donors (Lipinski definition) is 0. The molecule has 1 aliphatic carbocycles. The van der Waals surface area contributed by atoms with Crippen molar-refractivity contribution < 1.29 is 18.9 Å². The fourth-order valence-corrected chi connectivity index (χ4v) is 17.6. The zero-order valence-corrected chi connectivity index (χ0v) is 65.7. The number of anilines is 8. The number of hydrogen-bond acceptors (Lipinski definition) is 8. The molecular weight excluding hydrogens is 1310 g/mol. The maximum atomic E-state index is 6.75. The number of ether oxygens (including phenoxy) is 4. The van der Waals surface area contributed by atoms with Crippen molar-refractivity contribution in [3.05, 3.63) is 264 Å². The smallest absolute Gasteiger partial charge is 0.159 e. The number of para-hydroxylation sites is 2. The summed E-state index contributed by atoms with van der Waals surface area (Å²) in [6.07, 6.45) is 9.23. The predicted molar refractivity (Wildman–Crippen MR) is 454 cm³/mol. The summed E-state index contributed by atoms with van der Waals surface area (Å²) in [6, 6.07) is 82.8. The highest BCUT2D eigenvalue weighted by Crippen LogP contribution is 2.60. The van der Waals surface area contributed by atoms with E-state index in [0.29, 0.717) is 11.8 Å². The van der Waals surface area contributed by atoms with Gasteiger partial charge in [0.15, 0.2) is 46.0 Å². The molecular formula is C99H104N4O4. The van der Waals surface area contributed by atoms with E-state index in [-0.39, 0.29) is 16.2 Å². The van der Waals surface area contributed by atoms with Crippen LogP contribution in [0.5, 0.6) is 46.0 Å². The molecule has 0 saturated carbocycles. The van der Waals surface area contributed by atoms with Gasteiger partial charge >= 0.3 is 0 Å². The van der Waals surface area contributed by atoms with Crippen molar-refractivity contribution in [3.8, 4) is 57.1 Å². The fourth-order valence-electron chi connectivity index (χ4n) is 17.6. The van der Waals surface area contributed by atoms with Crippen molar-refractivity contribution in [2.45, 2.75) is 163 Å². The summed E-state index contributed by atoms with van der Waals surface area (Å²) in [5.74, 6) is 8.74. The van der Waals surface area contributed by atoms with Crippen molar-refractivity contribution in [2.75, 3.05) is 47.8 Å². The van der Waals surface area contributed by atoms with Crippen LogP contribution in [0.3, 0.4) is 0 Å². The first-order chi connectivity index (χ1) is 51.7. The maximum absolute atomic E-state index is 6.75. The Morgan fingerprint density at radius 1 is 0.355 bits per heavy atom. The first-order valence-electron chi connectivity index (χ1n) is 39.2. The number of benzene rings is 13. The molecule has 4 aliphatic heterocycles. The first kappa shape index (κ1) is 71.9. The second-order valence-electron chi connectivity index (χ2n) is 31.5. The standard InChI is InChI=1S/C27H27NO.C26H27NO.C24H27NO.C22H23NO/c1-5-12-27(2,3)22-10-11-23-26(17-22)29-25-16-21-14-19-9-7-6-8-18(19)13-20(21)15-24(25)28(23)4;1-6-16(2)17-11-9-13-21-24(17)28-25-22(27(21)5)15-14-20-23(25)18-10-7-8-12-19(18)26(20,3)4;1-5-24(6-2,7-3)19-12-13-20-23(16-19)26-22-15-18-11-9-8-10-17(18)14-21(22)25(20)4;1-4-8-15(2)17-11-7-12-19-21(17)24-22-18-10-6-5-9-16(18)13-14-20(22)23(19)3/h6-11,13-17H,5,12H2,1-4H3;7-16H,6H2,1-5H3;8-16H,5-7H2,1-4H3;5-7,9-15H,4,8H2,1-3H3. The summed E-state index contributed by atoms with van der Waals surface area (Å²) in [4.78, 5) is 9.03. The van der Waals surface area contributed by atoms with Gasteiger partial charge in [0, 0.05) is 44.6 Å². The number of rotatable bonds is 12. The van der Waals surface area contributed by atoms with Crippen molar-refractivity contribution in [2.24, 2.45) is 0 Å². The van der Waals surface area contributed by atoms with E-state index < -0.39 is 0 Å². The van der Waals surface area contributed by atoms with Gasteiger partial charge in [-0.05, 0) is 223 Å². The zero-order chi connectivity index (χ0) is 74.8. The van der Waals surface area contributed by atoms with Crippen LogP contribution < -0.4 is 38.5 Å². The lowest BCUT2D eigenvalue weighted by molar-refractivity contribution is 0.379. The van der Waals surface area contributed by atoms with Gasteiger partial charge in [-0.3, -0.25) is 0 Å². The van der Waals surface area contributed by atoms with Crippen molar-refractivity contribution in [1.82, 2.24) is 0 Å². The van der Waals surface area contributed by atoms with Gasteiger partial charge in [-0.25, -0.2) is 0 Å². The van der Waals surface area contributed by atoms with Crippen LogP contribution in [0.25, 0.3) is 54.2 Å². The van der Waals surface area contributed by atoms with Gasteiger partial charge in [-0.2, -0.15) is 0 Å². The van der Waals surface area contributed by atoms with Crippen LogP contribution in [0.4, 0.5) is 45.5 Å². The van der Waals surface area contributed by atoms with Crippen LogP contribution in [0, 0.1) is 0 Å². The maximum Gasteiger partial charge on any atom is 0.159 e. The molecule has 0 radical (unpaired) electrons. The lowest BCUT2D eigenvalue weighted by Crippen LogP contribution is -2.24. The van der Waals surface area contributed by atoms with E-state index in [1.165, 1.54) is 107 Å². The van der Waals surface area contributed by atoms with E-state index in [9.17, 15) is 0 Å². The Bertz CT molecular complexity index is 5540. The molecule has 0 aromatic heterocycles. The quantitative estimate of drug-likeness (QED) is 0.112. The van der Waals surface area contributed by atoms with Crippen molar-refractivity contribution >= 4 is 88.6 Å². The largest absolute Gasteiger partial charge is 0.453 e. The topological polar surface area (TPSA) is 49.9 Å². The normalized spacial score (nSPS) is 14.3. The zero-order valence-electron chi connectivity index (χ0n) is 65.7. The molecule has 4 heterocycles. The van der Waals surface area contributed by atoms with Crippen molar-refractivity contribution in [3.63, 3.8) is 0 Å². The van der Waals surface area contributed by atoms with Crippen LogP contribution in [-0.2, 0) is 16.2 Å². The molecule has 0 saturated heterocycles. The molecule has 5 aliphatic rings. The third-order valence-corrected chi connectivity index (χ3v) is 24.6. The Morgan fingerprint density at radius 3 is 1.39 bits per heavy atom. The molecule has 0 bridgehead atoms. The Balaban J connectivity index is 0.000000114. The second-order valence-corrected chi connectivity index (χ2v) is 31.5. The molecule has 13 aromatic rings. The third-order valence-electron chi connectivity index (χ3n) is 24.6. The molecule has 2 unspecified atom stereocenters. The van der Waals surface area contributed by atoms with Gasteiger partial charge in [0.2, 0.25) is 0 Å². The molecule has 544 valence electrons. The fraction of sp³-hybridized carbons (Fsp3) is 0.293. The molecule has 18 rings (SSSR count). The molecule has 0 fully saturated rings. The van der Waals surface area contributed by atoms with Crippen molar-refractivity contribution in [1.29, 1.82) is 0 Å². The molecule has 13 aromatic carbocycles. The van der Waals surface area contributed by atoms with E-state index >= 15 is 0 Å². The van der Waals surface area contributed by atoms with Crippen LogP contribution in [0.2, 0.25) is 0 Å². The molecule has 8 nitrogen and oxygen atoms in total. The average molecular weight is 1410 g/mol. The molecule has 0 N–H and O–H groups in total. The summed E-state index contributed by atoms with van der Waals surface area (Å²) in [5, 5.41) is 9.81. The van der Waals surface area contributed by atoms with Gasteiger partial charge in [-0.1, -0.05) is 242 Å². The van der Waals surface area contributed by atoms with Crippen LogP contribution >= 0.6 is 0 Å². The predicted octanol–water partition coefficient (Wildman–Crippen LogP) is 29.1. The van der Waals surface area contributed by atoms with Crippen LogP contribution in [0.15, 0.2) is 231 Å². The minimum atomic E-state index is -0.0145. The monoisotopic (exact) mass is 1410 g/mol. The lowest BCUT2D eigenvalue weighted by Gasteiger charge is -2.34. The van der Waals surface area contributed by atoms with Crippen LogP contribution in [-0.4, -0.2) is 28.2 Å². The summed E-state index contributed by atoms with van der Waals surface area (Å²) >= 11 is 0. The molecule has 8 heteroatoms. The van der Waals surface area contributed by atoms with E-state index in [4.69, 9.17) is 18.9 Å². The van der Waals surface area contributed by atoms with E-state index in [0.717, 1.165) is 124 Å². The summed E-state index contributed by atoms with van der Waals surface area (Å²) in [6.45, 7) is 27.4. The number of fused-ring (bicyclic) bond motifs is 17. The van der Waals surface area contributed by atoms with Gasteiger partial charge in [0.25, 0.3) is 0 Å². The van der Waals surface area contributed by atoms with E-state index in [1.54, 1.807) is 0 Å². The molecule has 0 spiro atoms. The first-order valence-corrected chi connectivity index (χ1v) is 39.2. The highest BCUT2D eigenvalue weighted by molar-refractivity contribution is 6.02. The second kappa shape index (κ2) is 28.9. The Morgan fingerprint density at radius 2 is 0.804 bits per heavy atom. The Kier molecular flexibility index (Phi) is 19.4. The molecule has 107 heavy (non-hydrogen) atoms. The molecule has 2 atom stereocenters. The highest BCUT2D eigenvalue weighted by atomic mass is 16.5. The lowest BCUT2D eigenvalue weighted by atomic mass is 9.73. The van der Waals surface area contributed by atoms with E-state index in [2.05, 4.69) is 361 Å². The Labute approximate surface area is 635 Å². The SMILES string of the molecule is CCC(C)c1cccc2c1Oc1c(ccc3c1-c1ccccc1C3(C)C)N2C.CCC(CC)(CC)c1ccc2c(c1)Oc1cc3ccccc3cc1N2C.CCCC(C)(C)c1ccc2c(c1)Oc1cc3cc4ccccc4cc3cc1N2C.CCCC(C)c1cccc2c1Oc1c(ccc3ccccc13)N2C. The third kappa shape index (κ3) is 12.7. The van der Waals surface area contributed by atoms with Gasteiger partial charge in [-0.15, -0.1) is 0 Å². The Hall–Kier alpha value is -10.7. The summed E-state index contributed by atoms with van der Waals surface area (Å²) in [5.41, 5.74) is 20.0. The minimum absolute atomic E-state index is 0.0145. The minimum Gasteiger partial charge on any atom is -0.453 e. The highest BCUT2D eigenvalue weighted by Gasteiger charge is 2.41. The summed E-state index contributed by atoms with van der Waals surface area (Å²) < 4.78 is 26.1. The summed E-state index contributed by atoms with van der Waals surface area (Å²) in [7, 11) is 8.54. The number of nitrogens with zero attached hydrogens (tertiary/aromatic N) is 4. The molecule has 0 amide bonds. The average Bonchev–Trinajstić information content (AvgIpc) is 1.58. The van der Waals surface area contributed by atoms with E-state index in [1.807, 2.05) is 0 Å². The van der Waals surface area contributed by atoms with Gasteiger partial charge in [0.05, 0.1) is 45.5 Å². The van der Waals surface area contributed by atoms with Crippen LogP contribution in [0.1, 0.15) is 180 Å².